The van der Waals surface area contributed by atoms with Gasteiger partial charge < -0.3 is 5.32 Å². The lowest BCUT2D eigenvalue weighted by molar-refractivity contribution is 0.242. The molecule has 1 aromatic heterocycles. The van der Waals surface area contributed by atoms with Gasteiger partial charge in [0.1, 0.15) is 0 Å². The third-order valence-corrected chi connectivity index (χ3v) is 4.65. The van der Waals surface area contributed by atoms with Gasteiger partial charge in [-0.05, 0) is 23.8 Å². The van der Waals surface area contributed by atoms with Crippen LogP contribution in [0.15, 0.2) is 59.4 Å². The summed E-state index contributed by atoms with van der Waals surface area (Å²) in [6.45, 7) is 2.28. The number of nitrogens with one attached hydrogen (secondary N) is 2. The number of anilines is 2. The second kappa shape index (κ2) is 7.44. The van der Waals surface area contributed by atoms with E-state index < -0.39 is 0 Å². The van der Waals surface area contributed by atoms with E-state index in [0.29, 0.717) is 18.1 Å². The highest BCUT2D eigenvalue weighted by Crippen LogP contribution is 2.19. The lowest BCUT2D eigenvalue weighted by Gasteiger charge is -2.27. The van der Waals surface area contributed by atoms with Gasteiger partial charge in [-0.15, -0.1) is 0 Å². The van der Waals surface area contributed by atoms with Crippen LogP contribution in [0.25, 0.3) is 0 Å². The zero-order chi connectivity index (χ0) is 18.6. The summed E-state index contributed by atoms with van der Waals surface area (Å²) < 4.78 is 0. The molecule has 134 valence electrons. The minimum Gasteiger partial charge on any atom is -0.326 e. The summed E-state index contributed by atoms with van der Waals surface area (Å²) in [5, 5.41) is 12.1. The normalized spacial score (nSPS) is 13.6. The molecule has 0 aliphatic carbocycles. The molecule has 2 N–H and O–H groups in total. The number of rotatable bonds is 4. The molecule has 0 bridgehead atoms. The molecule has 2 aromatic carbocycles. The van der Waals surface area contributed by atoms with E-state index in [0.717, 1.165) is 36.5 Å². The summed E-state index contributed by atoms with van der Waals surface area (Å²) >= 11 is 0. The molecule has 4 rings (SSSR count). The van der Waals surface area contributed by atoms with Crippen molar-refractivity contribution in [3.63, 3.8) is 0 Å². The number of aromatic nitrogens is 2. The monoisotopic (exact) mass is 357 g/mol. The lowest BCUT2D eigenvalue weighted by atomic mass is 10.1. The van der Waals surface area contributed by atoms with Gasteiger partial charge in [-0.2, -0.15) is 5.26 Å². The molecule has 0 radical (unpaired) electrons. The molecule has 1 aliphatic rings. The molecule has 27 heavy (non-hydrogen) atoms. The first-order valence-corrected chi connectivity index (χ1v) is 8.87. The van der Waals surface area contributed by atoms with Crippen molar-refractivity contribution >= 4 is 11.6 Å². The molecule has 0 spiro atoms. The first kappa shape index (κ1) is 17.0. The molecular formula is C21H19N5O. The topological polar surface area (TPSA) is 84.8 Å². The highest BCUT2D eigenvalue weighted by Gasteiger charge is 2.21. The quantitative estimate of drug-likeness (QED) is 0.750. The number of aromatic amines is 1. The first-order valence-electron chi connectivity index (χ1n) is 8.87. The summed E-state index contributed by atoms with van der Waals surface area (Å²) in [5.74, 6) is 0.408. The first-order chi connectivity index (χ1) is 13.2. The van der Waals surface area contributed by atoms with Gasteiger partial charge in [0.2, 0.25) is 5.95 Å². The zero-order valence-electron chi connectivity index (χ0n) is 14.8. The van der Waals surface area contributed by atoms with Gasteiger partial charge in [-0.3, -0.25) is 14.7 Å². The second-order valence-electron chi connectivity index (χ2n) is 6.60. The maximum absolute atomic E-state index is 12.6. The molecule has 0 unspecified atom stereocenters. The van der Waals surface area contributed by atoms with E-state index in [1.165, 1.54) is 5.56 Å². The Labute approximate surface area is 157 Å². The van der Waals surface area contributed by atoms with Crippen molar-refractivity contribution in [3.8, 4) is 6.07 Å². The number of hydrogen-bond donors (Lipinski definition) is 2. The van der Waals surface area contributed by atoms with Crippen molar-refractivity contribution in [1.82, 2.24) is 14.9 Å². The Kier molecular flexibility index (Phi) is 4.69. The summed E-state index contributed by atoms with van der Waals surface area (Å²) in [6.07, 6.45) is 0.735. The van der Waals surface area contributed by atoms with Gasteiger partial charge >= 0.3 is 0 Å². The largest absolute Gasteiger partial charge is 0.326 e. The molecular weight excluding hydrogens is 338 g/mol. The minimum atomic E-state index is -0.114. The van der Waals surface area contributed by atoms with Crippen LogP contribution in [-0.4, -0.2) is 21.4 Å². The van der Waals surface area contributed by atoms with Crippen LogP contribution in [0.1, 0.15) is 22.4 Å². The third-order valence-electron chi connectivity index (χ3n) is 4.65. The van der Waals surface area contributed by atoms with E-state index in [-0.39, 0.29) is 5.56 Å². The fourth-order valence-corrected chi connectivity index (χ4v) is 3.32. The molecule has 0 saturated heterocycles. The van der Waals surface area contributed by atoms with E-state index in [2.05, 4.69) is 38.4 Å². The molecule has 3 aromatic rings. The Morgan fingerprint density at radius 1 is 1.19 bits per heavy atom. The Hall–Kier alpha value is -3.43. The van der Waals surface area contributed by atoms with Crippen molar-refractivity contribution in [2.75, 3.05) is 11.9 Å². The Morgan fingerprint density at radius 2 is 2.04 bits per heavy atom. The van der Waals surface area contributed by atoms with E-state index in [4.69, 9.17) is 5.26 Å². The number of fused-ring (bicyclic) bond motifs is 1. The Balaban J connectivity index is 1.52. The van der Waals surface area contributed by atoms with Gasteiger partial charge in [0.05, 0.1) is 22.9 Å². The summed E-state index contributed by atoms with van der Waals surface area (Å²) in [6, 6.07) is 19.4. The highest BCUT2D eigenvalue weighted by molar-refractivity contribution is 5.56. The van der Waals surface area contributed by atoms with Gasteiger partial charge in [0.25, 0.3) is 5.56 Å². The fourth-order valence-electron chi connectivity index (χ4n) is 3.32. The summed E-state index contributed by atoms with van der Waals surface area (Å²) in [7, 11) is 0. The van der Waals surface area contributed by atoms with Crippen LogP contribution < -0.4 is 10.9 Å². The third kappa shape index (κ3) is 3.89. The molecule has 6 nitrogen and oxygen atoms in total. The number of hydrogen-bond acceptors (Lipinski definition) is 5. The number of benzene rings is 2. The van der Waals surface area contributed by atoms with Crippen molar-refractivity contribution in [1.29, 1.82) is 5.26 Å². The van der Waals surface area contributed by atoms with E-state index in [1.807, 2.05) is 24.3 Å². The van der Waals surface area contributed by atoms with Gasteiger partial charge in [-0.1, -0.05) is 36.4 Å². The van der Waals surface area contributed by atoms with Gasteiger partial charge in [0, 0.05) is 31.7 Å². The second-order valence-corrected chi connectivity index (χ2v) is 6.60. The molecule has 0 fully saturated rings. The molecule has 0 atom stereocenters. The summed E-state index contributed by atoms with van der Waals surface area (Å²) in [4.78, 5) is 22.3. The predicted octanol–water partition coefficient (Wildman–Crippen LogP) is 2.94. The van der Waals surface area contributed by atoms with Crippen LogP contribution in [0.5, 0.6) is 0 Å². The van der Waals surface area contributed by atoms with Crippen molar-refractivity contribution in [3.05, 3.63) is 87.3 Å². The van der Waals surface area contributed by atoms with E-state index in [9.17, 15) is 4.79 Å². The molecule has 1 aliphatic heterocycles. The van der Waals surface area contributed by atoms with Gasteiger partial charge in [-0.25, -0.2) is 4.98 Å². The summed E-state index contributed by atoms with van der Waals surface area (Å²) in [5.41, 5.74) is 3.96. The van der Waals surface area contributed by atoms with E-state index >= 15 is 0 Å². The molecule has 0 saturated carbocycles. The molecule has 0 amide bonds. The smallest absolute Gasteiger partial charge is 0.257 e. The number of H-pyrrole nitrogens is 1. The lowest BCUT2D eigenvalue weighted by Crippen LogP contribution is -2.35. The van der Waals surface area contributed by atoms with Crippen LogP contribution in [0.3, 0.4) is 0 Å². The maximum Gasteiger partial charge on any atom is 0.257 e. The maximum atomic E-state index is 12.6. The van der Waals surface area contributed by atoms with Crippen molar-refractivity contribution in [2.45, 2.75) is 19.5 Å². The van der Waals surface area contributed by atoms with Crippen molar-refractivity contribution < 1.29 is 0 Å². The number of nitrogens with zero attached hydrogens (tertiary/aromatic N) is 3. The average Bonchev–Trinajstić information content (AvgIpc) is 2.69. The predicted molar refractivity (Wildman–Crippen MR) is 104 cm³/mol. The highest BCUT2D eigenvalue weighted by atomic mass is 16.1. The van der Waals surface area contributed by atoms with Crippen LogP contribution in [0, 0.1) is 11.3 Å². The fraction of sp³-hybridized carbons (Fsp3) is 0.190. The zero-order valence-corrected chi connectivity index (χ0v) is 14.8. The molecule has 6 heteroatoms. The van der Waals surface area contributed by atoms with Crippen LogP contribution >= 0.6 is 0 Å². The van der Waals surface area contributed by atoms with Gasteiger partial charge in [0.15, 0.2) is 0 Å². The van der Waals surface area contributed by atoms with Crippen LogP contribution in [-0.2, 0) is 19.5 Å². The van der Waals surface area contributed by atoms with Crippen LogP contribution in [0.2, 0.25) is 0 Å². The van der Waals surface area contributed by atoms with Crippen molar-refractivity contribution in [2.24, 2.45) is 0 Å². The molecule has 2 heterocycles. The van der Waals surface area contributed by atoms with Crippen LogP contribution in [0.4, 0.5) is 11.6 Å². The Bertz CT molecular complexity index is 1050. The number of nitriles is 1. The Morgan fingerprint density at radius 3 is 2.85 bits per heavy atom. The minimum absolute atomic E-state index is 0.114. The average molecular weight is 357 g/mol. The SMILES string of the molecule is N#Cc1cccc(Nc2nc3c(c(=O)[nH]2)CN(Cc2ccccc2)CC3)c1. The standard InChI is InChI=1S/C21H19N5O/c22-12-16-7-4-8-17(11-16)23-21-24-19-9-10-26(14-18(19)20(27)25-21)13-15-5-2-1-3-6-15/h1-8,11H,9-10,13-14H2,(H2,23,24,25,27). The van der Waals surface area contributed by atoms with E-state index in [1.54, 1.807) is 18.2 Å².